The molecule has 0 amide bonds. The van der Waals surface area contributed by atoms with Gasteiger partial charge in [0.05, 0.1) is 5.69 Å². The molecular weight excluding hydrogens is 244 g/mol. The number of alkyl halides is 2. The van der Waals surface area contributed by atoms with E-state index in [0.717, 1.165) is 12.2 Å². The van der Waals surface area contributed by atoms with E-state index in [1.807, 2.05) is 17.8 Å². The van der Waals surface area contributed by atoms with E-state index in [2.05, 4.69) is 17.0 Å². The number of rotatable bonds is 4. The predicted octanol–water partition coefficient (Wildman–Crippen LogP) is 3.59. The summed E-state index contributed by atoms with van der Waals surface area (Å²) in [5.41, 5.74) is 0.646. The summed E-state index contributed by atoms with van der Waals surface area (Å²) < 4.78 is 28.9. The second kappa shape index (κ2) is 5.58. The molecule has 2 unspecified atom stereocenters. The first-order valence-electron chi connectivity index (χ1n) is 5.57. The van der Waals surface area contributed by atoms with Gasteiger partial charge in [0.1, 0.15) is 5.75 Å². The number of nitrogens with one attached hydrogen (secondary N) is 1. The van der Waals surface area contributed by atoms with Crippen LogP contribution in [0, 0.1) is 0 Å². The number of thioether (sulfide) groups is 1. The maximum Gasteiger partial charge on any atom is 0.387 e. The van der Waals surface area contributed by atoms with Crippen molar-refractivity contribution in [2.45, 2.75) is 31.2 Å². The van der Waals surface area contributed by atoms with Gasteiger partial charge in [0, 0.05) is 17.0 Å². The summed E-state index contributed by atoms with van der Waals surface area (Å²) in [6.07, 6.45) is 1.05. The van der Waals surface area contributed by atoms with Crippen molar-refractivity contribution in [1.82, 2.24) is 0 Å². The SMILES string of the molecule is CC1CC(Nc2ccccc2OC(F)F)CS1. The molecule has 17 heavy (non-hydrogen) atoms. The minimum atomic E-state index is -2.78. The quantitative estimate of drug-likeness (QED) is 0.892. The monoisotopic (exact) mass is 259 g/mol. The highest BCUT2D eigenvalue weighted by atomic mass is 32.2. The van der Waals surface area contributed by atoms with Crippen LogP contribution in [0.15, 0.2) is 24.3 Å². The third-order valence-corrected chi connectivity index (χ3v) is 4.02. The van der Waals surface area contributed by atoms with Gasteiger partial charge in [-0.05, 0) is 18.6 Å². The van der Waals surface area contributed by atoms with E-state index in [0.29, 0.717) is 17.0 Å². The van der Waals surface area contributed by atoms with Crippen LogP contribution in [0.2, 0.25) is 0 Å². The third-order valence-electron chi connectivity index (χ3n) is 2.66. The average Bonchev–Trinajstić information content (AvgIpc) is 2.66. The maximum absolute atomic E-state index is 12.2. The fourth-order valence-corrected chi connectivity index (χ4v) is 3.07. The van der Waals surface area contributed by atoms with Crippen molar-refractivity contribution < 1.29 is 13.5 Å². The van der Waals surface area contributed by atoms with Gasteiger partial charge in [-0.25, -0.2) is 0 Å². The summed E-state index contributed by atoms with van der Waals surface area (Å²) in [5.74, 6) is 1.22. The molecule has 1 aromatic carbocycles. The molecule has 1 aliphatic rings. The summed E-state index contributed by atoms with van der Waals surface area (Å²) >= 11 is 1.89. The molecule has 1 saturated heterocycles. The predicted molar refractivity (Wildman–Crippen MR) is 67.0 cm³/mol. The summed E-state index contributed by atoms with van der Waals surface area (Å²) in [5, 5.41) is 3.89. The van der Waals surface area contributed by atoms with E-state index in [9.17, 15) is 8.78 Å². The molecule has 0 bridgehead atoms. The number of hydrogen-bond acceptors (Lipinski definition) is 3. The van der Waals surface area contributed by atoms with Gasteiger partial charge in [0.25, 0.3) is 0 Å². The van der Waals surface area contributed by atoms with Crippen molar-refractivity contribution in [3.8, 4) is 5.75 Å². The van der Waals surface area contributed by atoms with Crippen molar-refractivity contribution in [2.75, 3.05) is 11.1 Å². The van der Waals surface area contributed by atoms with Crippen LogP contribution in [0.1, 0.15) is 13.3 Å². The van der Waals surface area contributed by atoms with Crippen molar-refractivity contribution in [1.29, 1.82) is 0 Å². The zero-order valence-electron chi connectivity index (χ0n) is 9.53. The Balaban J connectivity index is 2.04. The number of para-hydroxylation sites is 2. The van der Waals surface area contributed by atoms with E-state index < -0.39 is 6.61 Å². The third kappa shape index (κ3) is 3.49. The lowest BCUT2D eigenvalue weighted by atomic mass is 10.2. The van der Waals surface area contributed by atoms with Crippen LogP contribution < -0.4 is 10.1 Å². The van der Waals surface area contributed by atoms with Crippen molar-refractivity contribution in [3.63, 3.8) is 0 Å². The van der Waals surface area contributed by atoms with Crippen molar-refractivity contribution >= 4 is 17.4 Å². The Morgan fingerprint density at radius 2 is 2.18 bits per heavy atom. The molecule has 1 heterocycles. The molecule has 1 N–H and O–H groups in total. The second-order valence-electron chi connectivity index (χ2n) is 4.10. The lowest BCUT2D eigenvalue weighted by molar-refractivity contribution is -0.0493. The van der Waals surface area contributed by atoms with Gasteiger partial charge in [-0.2, -0.15) is 20.5 Å². The van der Waals surface area contributed by atoms with Crippen LogP contribution in [-0.4, -0.2) is 23.7 Å². The smallest absolute Gasteiger partial charge is 0.387 e. The van der Waals surface area contributed by atoms with Crippen LogP contribution in [-0.2, 0) is 0 Å². The molecule has 94 valence electrons. The van der Waals surface area contributed by atoms with Gasteiger partial charge in [-0.15, -0.1) is 0 Å². The van der Waals surface area contributed by atoms with Gasteiger partial charge in [-0.1, -0.05) is 19.1 Å². The highest BCUT2D eigenvalue weighted by molar-refractivity contribution is 8.00. The first kappa shape index (κ1) is 12.5. The van der Waals surface area contributed by atoms with Gasteiger partial charge < -0.3 is 10.1 Å². The second-order valence-corrected chi connectivity index (χ2v) is 5.57. The van der Waals surface area contributed by atoms with Crippen LogP contribution >= 0.6 is 11.8 Å². The van der Waals surface area contributed by atoms with E-state index in [-0.39, 0.29) is 5.75 Å². The fourth-order valence-electron chi connectivity index (χ4n) is 1.92. The Morgan fingerprint density at radius 3 is 2.82 bits per heavy atom. The molecule has 1 aromatic rings. The normalized spacial score (nSPS) is 24.0. The number of benzene rings is 1. The van der Waals surface area contributed by atoms with Gasteiger partial charge in [-0.3, -0.25) is 0 Å². The largest absolute Gasteiger partial charge is 0.433 e. The lowest BCUT2D eigenvalue weighted by Crippen LogP contribution is -2.19. The maximum atomic E-state index is 12.2. The first-order valence-corrected chi connectivity index (χ1v) is 6.62. The summed E-state index contributed by atoms with van der Waals surface area (Å²) in [6, 6.07) is 7.16. The van der Waals surface area contributed by atoms with Gasteiger partial charge in [0.2, 0.25) is 0 Å². The lowest BCUT2D eigenvalue weighted by Gasteiger charge is -2.16. The topological polar surface area (TPSA) is 21.3 Å². The van der Waals surface area contributed by atoms with Gasteiger partial charge >= 0.3 is 6.61 Å². The molecule has 0 saturated carbocycles. The molecular formula is C12H15F2NOS. The number of anilines is 1. The average molecular weight is 259 g/mol. The Hall–Kier alpha value is -0.970. The molecule has 1 aliphatic heterocycles. The molecule has 2 atom stereocenters. The van der Waals surface area contributed by atoms with Crippen molar-refractivity contribution in [3.05, 3.63) is 24.3 Å². The molecule has 2 rings (SSSR count). The Labute approximate surface area is 104 Å². The Morgan fingerprint density at radius 1 is 1.41 bits per heavy atom. The molecule has 1 fully saturated rings. The molecule has 0 aromatic heterocycles. The number of hydrogen-bond donors (Lipinski definition) is 1. The number of halogens is 2. The number of ether oxygens (including phenoxy) is 1. The summed E-state index contributed by atoms with van der Waals surface area (Å²) in [4.78, 5) is 0. The summed E-state index contributed by atoms with van der Waals surface area (Å²) in [7, 11) is 0. The van der Waals surface area contributed by atoms with Crippen LogP contribution in [0.4, 0.5) is 14.5 Å². The van der Waals surface area contributed by atoms with Crippen LogP contribution in [0.3, 0.4) is 0 Å². The zero-order valence-corrected chi connectivity index (χ0v) is 10.3. The minimum Gasteiger partial charge on any atom is -0.433 e. The van der Waals surface area contributed by atoms with Crippen LogP contribution in [0.5, 0.6) is 5.75 Å². The Bertz CT molecular complexity index is 375. The molecule has 5 heteroatoms. The van der Waals surface area contributed by atoms with Gasteiger partial charge in [0.15, 0.2) is 0 Å². The van der Waals surface area contributed by atoms with Crippen molar-refractivity contribution in [2.24, 2.45) is 0 Å². The molecule has 2 nitrogen and oxygen atoms in total. The molecule has 0 radical (unpaired) electrons. The molecule has 0 aliphatic carbocycles. The summed E-state index contributed by atoms with van der Waals surface area (Å²) in [6.45, 7) is -0.608. The highest BCUT2D eigenvalue weighted by Gasteiger charge is 2.22. The van der Waals surface area contributed by atoms with E-state index >= 15 is 0 Å². The van der Waals surface area contributed by atoms with Crippen LogP contribution in [0.25, 0.3) is 0 Å². The fraction of sp³-hybridized carbons (Fsp3) is 0.500. The van der Waals surface area contributed by atoms with E-state index in [1.165, 1.54) is 0 Å². The van der Waals surface area contributed by atoms with E-state index in [1.54, 1.807) is 18.2 Å². The molecule has 0 spiro atoms. The first-order chi connectivity index (χ1) is 8.15. The Kier molecular flexibility index (Phi) is 4.10. The van der Waals surface area contributed by atoms with E-state index in [4.69, 9.17) is 0 Å². The highest BCUT2D eigenvalue weighted by Crippen LogP contribution is 2.32. The standard InChI is InChI=1S/C12H15F2NOS/c1-8-6-9(7-17-8)15-10-4-2-3-5-11(10)16-12(13)14/h2-5,8-9,12,15H,6-7H2,1H3. The minimum absolute atomic E-state index is 0.215. The zero-order chi connectivity index (χ0) is 12.3.